The number of methoxy groups -OCH3 is 1. The van der Waals surface area contributed by atoms with Gasteiger partial charge in [0.1, 0.15) is 11.6 Å². The van der Waals surface area contributed by atoms with Crippen molar-refractivity contribution in [1.29, 1.82) is 0 Å². The van der Waals surface area contributed by atoms with E-state index in [0.717, 1.165) is 16.8 Å². The van der Waals surface area contributed by atoms with Gasteiger partial charge in [-0.1, -0.05) is 12.1 Å². The molecule has 0 saturated carbocycles. The Bertz CT molecular complexity index is 939. The van der Waals surface area contributed by atoms with Crippen molar-refractivity contribution in [2.75, 3.05) is 13.7 Å². The van der Waals surface area contributed by atoms with Crippen molar-refractivity contribution in [2.24, 2.45) is 0 Å². The highest BCUT2D eigenvalue weighted by Gasteiger charge is 2.26. The minimum absolute atomic E-state index is 0.0472. The molecule has 1 fully saturated rings. The fourth-order valence-corrected chi connectivity index (χ4v) is 2.91. The number of nitrogens with zero attached hydrogens (tertiary/aromatic N) is 2. The van der Waals surface area contributed by atoms with Gasteiger partial charge in [-0.3, -0.25) is 9.13 Å². The van der Waals surface area contributed by atoms with Crippen molar-refractivity contribution < 1.29 is 13.9 Å². The zero-order valence-corrected chi connectivity index (χ0v) is 13.2. The van der Waals surface area contributed by atoms with E-state index in [1.807, 2.05) is 24.3 Å². The number of aromatic nitrogens is 2. The van der Waals surface area contributed by atoms with Crippen molar-refractivity contribution in [3.05, 3.63) is 64.3 Å². The van der Waals surface area contributed by atoms with E-state index in [-0.39, 0.29) is 17.6 Å². The van der Waals surface area contributed by atoms with Crippen LogP contribution in [-0.4, -0.2) is 29.0 Å². The fourth-order valence-electron chi connectivity index (χ4n) is 2.91. The second kappa shape index (κ2) is 5.79. The summed E-state index contributed by atoms with van der Waals surface area (Å²) in [6, 6.07) is 12.0. The van der Waals surface area contributed by atoms with Crippen LogP contribution in [0.3, 0.4) is 0 Å². The third-order valence-corrected chi connectivity index (χ3v) is 4.27. The van der Waals surface area contributed by atoms with Crippen LogP contribution in [0.4, 0.5) is 4.39 Å². The lowest BCUT2D eigenvalue weighted by atomic mass is 10.2. The highest BCUT2D eigenvalue weighted by Crippen LogP contribution is 2.20. The standard InChI is InChI=1S/C18H17FN2O3/c1-23-14-5-2-12(3-6-14)9-20-16-7-4-13(19)8-17(16)21(18(20)22)10-15-11-24-15/h2-8,15H,9-11H2,1H3. The molecule has 1 aliphatic heterocycles. The summed E-state index contributed by atoms with van der Waals surface area (Å²) in [5.41, 5.74) is 2.15. The number of rotatable bonds is 5. The topological polar surface area (TPSA) is 48.7 Å². The average Bonchev–Trinajstić information content (AvgIpc) is 3.38. The third-order valence-electron chi connectivity index (χ3n) is 4.27. The molecule has 1 unspecified atom stereocenters. The molecule has 0 spiro atoms. The molecule has 0 bridgehead atoms. The molecule has 4 rings (SSSR count). The summed E-state index contributed by atoms with van der Waals surface area (Å²) in [6.07, 6.45) is 0.0472. The minimum atomic E-state index is -0.352. The van der Waals surface area contributed by atoms with Crippen LogP contribution < -0.4 is 10.4 Å². The minimum Gasteiger partial charge on any atom is -0.497 e. The first kappa shape index (κ1) is 15.0. The zero-order valence-electron chi connectivity index (χ0n) is 13.2. The zero-order chi connectivity index (χ0) is 16.7. The van der Waals surface area contributed by atoms with Gasteiger partial charge in [0.25, 0.3) is 0 Å². The molecule has 2 aromatic carbocycles. The van der Waals surface area contributed by atoms with Crippen LogP contribution >= 0.6 is 0 Å². The van der Waals surface area contributed by atoms with E-state index in [0.29, 0.717) is 25.2 Å². The van der Waals surface area contributed by atoms with Crippen molar-refractivity contribution in [2.45, 2.75) is 19.2 Å². The number of fused-ring (bicyclic) bond motifs is 1. The van der Waals surface area contributed by atoms with E-state index in [1.54, 1.807) is 22.3 Å². The maximum absolute atomic E-state index is 13.7. The highest BCUT2D eigenvalue weighted by atomic mass is 19.1. The Balaban J connectivity index is 1.78. The molecule has 0 amide bonds. The highest BCUT2D eigenvalue weighted by molar-refractivity contribution is 5.76. The van der Waals surface area contributed by atoms with Gasteiger partial charge in [0.05, 0.1) is 43.9 Å². The predicted octanol–water partition coefficient (Wildman–Crippen LogP) is 2.40. The molecule has 1 aromatic heterocycles. The van der Waals surface area contributed by atoms with Gasteiger partial charge in [0.15, 0.2) is 0 Å². The number of imidazole rings is 1. The van der Waals surface area contributed by atoms with Gasteiger partial charge >= 0.3 is 5.69 Å². The summed E-state index contributed by atoms with van der Waals surface area (Å²) in [4.78, 5) is 12.8. The third kappa shape index (κ3) is 2.69. The van der Waals surface area contributed by atoms with Gasteiger partial charge < -0.3 is 9.47 Å². The number of halogens is 1. The molecule has 1 aliphatic rings. The molecule has 0 aliphatic carbocycles. The Kier molecular flexibility index (Phi) is 3.61. The lowest BCUT2D eigenvalue weighted by Gasteiger charge is -2.05. The summed E-state index contributed by atoms with van der Waals surface area (Å²) in [5, 5.41) is 0. The normalized spacial score (nSPS) is 16.5. The average molecular weight is 328 g/mol. The van der Waals surface area contributed by atoms with Crippen LogP contribution in [0, 0.1) is 5.82 Å². The molecule has 0 N–H and O–H groups in total. The Labute approximate surface area is 137 Å². The number of hydrogen-bond acceptors (Lipinski definition) is 3. The second-order valence-electron chi connectivity index (χ2n) is 5.92. The van der Waals surface area contributed by atoms with Crippen LogP contribution in [0.1, 0.15) is 5.56 Å². The molecule has 24 heavy (non-hydrogen) atoms. The fraction of sp³-hybridized carbons (Fsp3) is 0.278. The molecule has 5 nitrogen and oxygen atoms in total. The van der Waals surface area contributed by atoms with Gasteiger partial charge in [0, 0.05) is 0 Å². The van der Waals surface area contributed by atoms with Crippen molar-refractivity contribution in [3.63, 3.8) is 0 Å². The quantitative estimate of drug-likeness (QED) is 0.676. The smallest absolute Gasteiger partial charge is 0.329 e. The lowest BCUT2D eigenvalue weighted by Crippen LogP contribution is -2.26. The summed E-state index contributed by atoms with van der Waals surface area (Å²) < 4.78 is 27.3. The largest absolute Gasteiger partial charge is 0.497 e. The molecular formula is C18H17FN2O3. The van der Waals surface area contributed by atoms with Crippen molar-refractivity contribution in [3.8, 4) is 5.75 Å². The van der Waals surface area contributed by atoms with Crippen LogP contribution in [0.15, 0.2) is 47.3 Å². The van der Waals surface area contributed by atoms with E-state index in [9.17, 15) is 9.18 Å². The van der Waals surface area contributed by atoms with Gasteiger partial charge in [-0.05, 0) is 35.9 Å². The van der Waals surface area contributed by atoms with E-state index in [4.69, 9.17) is 9.47 Å². The summed E-state index contributed by atoms with van der Waals surface area (Å²) >= 11 is 0. The molecular weight excluding hydrogens is 311 g/mol. The van der Waals surface area contributed by atoms with Gasteiger partial charge in [0.2, 0.25) is 0 Å². The molecule has 124 valence electrons. The Morgan fingerprint density at radius 3 is 2.58 bits per heavy atom. The van der Waals surface area contributed by atoms with Crippen LogP contribution in [0.2, 0.25) is 0 Å². The summed E-state index contributed by atoms with van der Waals surface area (Å²) in [6.45, 7) is 1.52. The van der Waals surface area contributed by atoms with Gasteiger partial charge in [-0.15, -0.1) is 0 Å². The Hall–Kier alpha value is -2.60. The maximum Gasteiger partial charge on any atom is 0.329 e. The first-order valence-corrected chi connectivity index (χ1v) is 7.79. The lowest BCUT2D eigenvalue weighted by molar-refractivity contribution is 0.381. The van der Waals surface area contributed by atoms with Crippen molar-refractivity contribution in [1.82, 2.24) is 9.13 Å². The maximum atomic E-state index is 13.7. The number of ether oxygens (including phenoxy) is 2. The molecule has 0 radical (unpaired) electrons. The van der Waals surface area contributed by atoms with Crippen LogP contribution in [0.25, 0.3) is 11.0 Å². The monoisotopic (exact) mass is 328 g/mol. The SMILES string of the molecule is COc1ccc(Cn2c(=O)n(CC3CO3)c3cc(F)ccc32)cc1. The first-order valence-electron chi connectivity index (χ1n) is 7.79. The molecule has 3 aromatic rings. The second-order valence-corrected chi connectivity index (χ2v) is 5.92. The summed E-state index contributed by atoms with van der Waals surface area (Å²) in [5.74, 6) is 0.413. The van der Waals surface area contributed by atoms with E-state index in [2.05, 4.69) is 0 Å². The molecule has 2 heterocycles. The Morgan fingerprint density at radius 2 is 1.92 bits per heavy atom. The van der Waals surface area contributed by atoms with Crippen LogP contribution in [-0.2, 0) is 17.8 Å². The molecule has 6 heteroatoms. The molecule has 1 atom stereocenters. The van der Waals surface area contributed by atoms with Gasteiger partial charge in [-0.25, -0.2) is 9.18 Å². The van der Waals surface area contributed by atoms with E-state index in [1.165, 1.54) is 12.1 Å². The van der Waals surface area contributed by atoms with Crippen LogP contribution in [0.5, 0.6) is 5.75 Å². The number of epoxide rings is 1. The number of benzene rings is 2. The van der Waals surface area contributed by atoms with E-state index < -0.39 is 0 Å². The Morgan fingerprint density at radius 1 is 1.17 bits per heavy atom. The van der Waals surface area contributed by atoms with Crippen molar-refractivity contribution >= 4 is 11.0 Å². The summed E-state index contributed by atoms with van der Waals surface area (Å²) in [7, 11) is 1.61. The first-order chi connectivity index (χ1) is 11.7. The number of hydrogen-bond donors (Lipinski definition) is 0. The predicted molar refractivity (Wildman–Crippen MR) is 88.0 cm³/mol. The molecule has 1 saturated heterocycles. The van der Waals surface area contributed by atoms with E-state index >= 15 is 0 Å². The van der Waals surface area contributed by atoms with Gasteiger partial charge in [-0.2, -0.15) is 0 Å².